The molecular weight excluding hydrogens is 542 g/mol. The van der Waals surface area contributed by atoms with Gasteiger partial charge in [0.25, 0.3) is 11.8 Å². The molecule has 0 unspecified atom stereocenters. The molecule has 0 radical (unpaired) electrons. The molecular formula is C23H25F8N7O. The number of piperidine rings is 1. The Kier molecular flexibility index (Phi) is 7.62. The van der Waals surface area contributed by atoms with Crippen molar-refractivity contribution in [1.29, 1.82) is 0 Å². The Morgan fingerprint density at radius 1 is 1.18 bits per heavy atom. The van der Waals surface area contributed by atoms with Crippen LogP contribution in [0.25, 0.3) is 0 Å². The van der Waals surface area contributed by atoms with Crippen LogP contribution in [0.15, 0.2) is 24.7 Å². The first kappa shape index (κ1) is 28.7. The zero-order valence-corrected chi connectivity index (χ0v) is 20.5. The minimum absolute atomic E-state index is 0.0476. The van der Waals surface area contributed by atoms with Crippen molar-refractivity contribution in [1.82, 2.24) is 19.9 Å². The van der Waals surface area contributed by atoms with Gasteiger partial charge in [-0.2, -0.15) is 17.6 Å². The van der Waals surface area contributed by atoms with Crippen LogP contribution in [0.2, 0.25) is 0 Å². The summed E-state index contributed by atoms with van der Waals surface area (Å²) in [5.41, 5.74) is 3.86. The highest BCUT2D eigenvalue weighted by Crippen LogP contribution is 2.44. The molecule has 1 amide bonds. The van der Waals surface area contributed by atoms with Crippen LogP contribution < -0.4 is 16.0 Å². The quantitative estimate of drug-likeness (QED) is 0.491. The van der Waals surface area contributed by atoms with Gasteiger partial charge in [0.1, 0.15) is 6.33 Å². The normalized spacial score (nSPS) is 24.0. The molecule has 0 aromatic carbocycles. The number of hydrogen-bond acceptors (Lipinski definition) is 7. The average Bonchev–Trinajstić information content (AvgIpc) is 3.14. The number of aromatic nitrogens is 3. The maximum Gasteiger partial charge on any atom is 0.417 e. The molecule has 39 heavy (non-hydrogen) atoms. The first-order valence-electron chi connectivity index (χ1n) is 11.9. The largest absolute Gasteiger partial charge is 0.417 e. The lowest BCUT2D eigenvalue weighted by molar-refractivity contribution is -0.138. The molecule has 4 rings (SSSR count). The number of anilines is 2. The lowest BCUT2D eigenvalue weighted by Gasteiger charge is -2.40. The SMILES string of the molecule is C[C@@H](Nc1ncnc(N2CC(F)(F)C[C@@H]2c2ccc(C(F)(F)F)cn2)c1F)[C@H]1CCN(CC(N)=O)CC1(F)F. The summed E-state index contributed by atoms with van der Waals surface area (Å²) < 4.78 is 113. The molecule has 0 bridgehead atoms. The molecule has 2 fully saturated rings. The molecule has 4 heterocycles. The van der Waals surface area contributed by atoms with Crippen LogP contribution >= 0.6 is 0 Å². The highest BCUT2D eigenvalue weighted by Gasteiger charge is 2.49. The van der Waals surface area contributed by atoms with Gasteiger partial charge in [0.05, 0.1) is 36.9 Å². The molecule has 0 spiro atoms. The van der Waals surface area contributed by atoms with Crippen LogP contribution in [-0.4, -0.2) is 69.8 Å². The second-order valence-electron chi connectivity index (χ2n) is 9.80. The van der Waals surface area contributed by atoms with E-state index < -0.39 is 84.5 Å². The second kappa shape index (κ2) is 10.4. The number of rotatable bonds is 7. The molecule has 16 heteroatoms. The molecule has 0 saturated carbocycles. The van der Waals surface area contributed by atoms with E-state index >= 15 is 4.39 Å². The summed E-state index contributed by atoms with van der Waals surface area (Å²) in [4.78, 5) is 24.4. The van der Waals surface area contributed by atoms with Crippen molar-refractivity contribution in [2.45, 2.75) is 49.9 Å². The molecule has 8 nitrogen and oxygen atoms in total. The van der Waals surface area contributed by atoms with Crippen molar-refractivity contribution >= 4 is 17.5 Å². The first-order chi connectivity index (χ1) is 18.1. The van der Waals surface area contributed by atoms with Crippen molar-refractivity contribution in [2.75, 3.05) is 36.4 Å². The Balaban J connectivity index is 1.55. The minimum Gasteiger partial charge on any atom is -0.369 e. The molecule has 2 aliphatic heterocycles. The van der Waals surface area contributed by atoms with Gasteiger partial charge in [0.15, 0.2) is 11.6 Å². The lowest BCUT2D eigenvalue weighted by atomic mass is 9.86. The summed E-state index contributed by atoms with van der Waals surface area (Å²) in [6, 6.07) is -0.706. The van der Waals surface area contributed by atoms with Gasteiger partial charge in [-0.3, -0.25) is 14.7 Å². The average molecular weight is 567 g/mol. The number of halogens is 8. The lowest BCUT2D eigenvalue weighted by Crippen LogP contribution is -2.54. The molecule has 2 saturated heterocycles. The van der Waals surface area contributed by atoms with E-state index in [0.717, 1.165) is 17.3 Å². The minimum atomic E-state index is -4.68. The van der Waals surface area contributed by atoms with Gasteiger partial charge in [-0.05, 0) is 32.0 Å². The summed E-state index contributed by atoms with van der Waals surface area (Å²) in [5, 5.41) is 2.58. The summed E-state index contributed by atoms with van der Waals surface area (Å²) in [6.07, 6.45) is -4.22. The van der Waals surface area contributed by atoms with Crippen LogP contribution in [0.3, 0.4) is 0 Å². The fraction of sp³-hybridized carbons (Fsp3) is 0.565. The summed E-state index contributed by atoms with van der Waals surface area (Å²) in [5.74, 6) is -10.9. The number of carbonyl (C=O) groups excluding carboxylic acids is 1. The van der Waals surface area contributed by atoms with Crippen molar-refractivity contribution < 1.29 is 39.9 Å². The van der Waals surface area contributed by atoms with E-state index in [1.54, 1.807) is 0 Å². The number of amides is 1. The maximum absolute atomic E-state index is 15.5. The fourth-order valence-electron chi connectivity index (χ4n) is 5.05. The zero-order valence-electron chi connectivity index (χ0n) is 20.5. The Bertz CT molecular complexity index is 1190. The summed E-state index contributed by atoms with van der Waals surface area (Å²) >= 11 is 0. The number of nitrogens with two attached hydrogens (primary N) is 1. The Morgan fingerprint density at radius 2 is 1.90 bits per heavy atom. The van der Waals surface area contributed by atoms with Gasteiger partial charge in [-0.25, -0.2) is 27.5 Å². The van der Waals surface area contributed by atoms with Crippen molar-refractivity contribution in [2.24, 2.45) is 11.7 Å². The number of pyridine rings is 1. The van der Waals surface area contributed by atoms with Gasteiger partial charge < -0.3 is 16.0 Å². The topological polar surface area (TPSA) is 100 Å². The van der Waals surface area contributed by atoms with E-state index in [-0.39, 0.29) is 25.2 Å². The predicted octanol–water partition coefficient (Wildman–Crippen LogP) is 3.86. The van der Waals surface area contributed by atoms with E-state index in [0.29, 0.717) is 12.3 Å². The van der Waals surface area contributed by atoms with Crippen LogP contribution in [0.4, 0.5) is 46.8 Å². The Hall–Kier alpha value is -3.30. The standard InChI is InChI=1S/C23H25F8N7O/c1-12(14-4-5-37(8-17(32)39)10-22(14,27)28)36-19-18(24)20(35-11-34-19)38-9-21(25,26)6-16(38)15-3-2-13(7-33-15)23(29,30)31/h2-3,7,11-12,14,16H,4-6,8-10H2,1H3,(H2,32,39)(H,34,35,36)/t12-,14-,16-/m1/s1. The molecule has 2 aliphatic rings. The van der Waals surface area contributed by atoms with Crippen LogP contribution in [0, 0.1) is 11.7 Å². The maximum atomic E-state index is 15.5. The number of primary amides is 1. The van der Waals surface area contributed by atoms with Crippen LogP contribution in [-0.2, 0) is 11.0 Å². The van der Waals surface area contributed by atoms with Crippen LogP contribution in [0.5, 0.6) is 0 Å². The van der Waals surface area contributed by atoms with Gasteiger partial charge in [0.2, 0.25) is 11.7 Å². The fourth-order valence-corrected chi connectivity index (χ4v) is 5.05. The highest BCUT2D eigenvalue weighted by molar-refractivity contribution is 5.75. The third kappa shape index (κ3) is 6.31. The second-order valence-corrected chi connectivity index (χ2v) is 9.80. The Labute approximate surface area is 217 Å². The van der Waals surface area contributed by atoms with E-state index in [9.17, 15) is 35.5 Å². The number of alkyl halides is 7. The van der Waals surface area contributed by atoms with E-state index in [2.05, 4.69) is 20.3 Å². The van der Waals surface area contributed by atoms with Crippen molar-refractivity contribution in [3.8, 4) is 0 Å². The predicted molar refractivity (Wildman–Crippen MR) is 123 cm³/mol. The van der Waals surface area contributed by atoms with E-state index in [1.165, 1.54) is 11.8 Å². The molecule has 2 aromatic heterocycles. The molecule has 3 atom stereocenters. The van der Waals surface area contributed by atoms with Gasteiger partial charge in [-0.1, -0.05) is 0 Å². The first-order valence-corrected chi connectivity index (χ1v) is 11.9. The van der Waals surface area contributed by atoms with Crippen LogP contribution in [0.1, 0.15) is 37.1 Å². The Morgan fingerprint density at radius 3 is 2.49 bits per heavy atom. The molecule has 2 aromatic rings. The van der Waals surface area contributed by atoms with Crippen molar-refractivity contribution in [3.63, 3.8) is 0 Å². The van der Waals surface area contributed by atoms with E-state index in [1.807, 2.05) is 0 Å². The number of nitrogens with one attached hydrogen (secondary N) is 1. The molecule has 0 aliphatic carbocycles. The number of carbonyl (C=O) groups is 1. The van der Waals surface area contributed by atoms with Gasteiger partial charge in [-0.15, -0.1) is 0 Å². The monoisotopic (exact) mass is 567 g/mol. The third-order valence-electron chi connectivity index (χ3n) is 6.85. The number of nitrogens with zero attached hydrogens (tertiary/aromatic N) is 5. The summed E-state index contributed by atoms with van der Waals surface area (Å²) in [7, 11) is 0. The van der Waals surface area contributed by atoms with Gasteiger partial charge >= 0.3 is 6.18 Å². The van der Waals surface area contributed by atoms with Crippen molar-refractivity contribution in [3.05, 3.63) is 41.7 Å². The molecule has 214 valence electrons. The van der Waals surface area contributed by atoms with E-state index in [4.69, 9.17) is 5.73 Å². The highest BCUT2D eigenvalue weighted by atomic mass is 19.4. The zero-order chi connectivity index (χ0) is 28.8. The number of hydrogen-bond donors (Lipinski definition) is 2. The smallest absolute Gasteiger partial charge is 0.369 e. The van der Waals surface area contributed by atoms with Gasteiger partial charge in [0, 0.05) is 24.6 Å². The summed E-state index contributed by atoms with van der Waals surface area (Å²) in [6.45, 7) is -0.516. The molecule has 3 N–H and O–H groups in total. The third-order valence-corrected chi connectivity index (χ3v) is 6.85. The number of likely N-dealkylation sites (tertiary alicyclic amines) is 1.